The molecule has 0 aromatic carbocycles. The summed E-state index contributed by atoms with van der Waals surface area (Å²) in [6.07, 6.45) is 4.97. The number of ether oxygens (including phenoxy) is 1. The van der Waals surface area contributed by atoms with Gasteiger partial charge in [0.05, 0.1) is 11.2 Å². The van der Waals surface area contributed by atoms with Crippen LogP contribution in [0.15, 0.2) is 0 Å². The summed E-state index contributed by atoms with van der Waals surface area (Å²) in [7, 11) is 0. The van der Waals surface area contributed by atoms with E-state index in [4.69, 9.17) is 4.74 Å². The van der Waals surface area contributed by atoms with Gasteiger partial charge in [0.2, 0.25) is 0 Å². The second kappa shape index (κ2) is 5.05. The van der Waals surface area contributed by atoms with Crippen molar-refractivity contribution in [3.05, 3.63) is 0 Å². The molecule has 0 amide bonds. The molecule has 0 aliphatic carbocycles. The van der Waals surface area contributed by atoms with Crippen molar-refractivity contribution in [1.29, 1.82) is 0 Å². The van der Waals surface area contributed by atoms with E-state index >= 15 is 0 Å². The first-order chi connectivity index (χ1) is 7.27. The molecule has 1 aliphatic heterocycles. The van der Waals surface area contributed by atoms with E-state index in [0.717, 1.165) is 6.42 Å². The predicted octanol–water partition coefficient (Wildman–Crippen LogP) is 3.50. The number of hydrogen-bond acceptors (Lipinski definition) is 2. The maximum atomic E-state index is 6.09. The average molecular weight is 227 g/mol. The molecule has 1 aliphatic rings. The van der Waals surface area contributed by atoms with Crippen LogP contribution in [-0.4, -0.2) is 23.3 Å². The first-order valence-electron chi connectivity index (χ1n) is 6.73. The SMILES string of the molecule is CCCCC(C)NC1CC(C)(C)OC1(C)C. The van der Waals surface area contributed by atoms with Crippen LogP contribution in [0.5, 0.6) is 0 Å². The third kappa shape index (κ3) is 3.74. The van der Waals surface area contributed by atoms with E-state index < -0.39 is 0 Å². The van der Waals surface area contributed by atoms with Gasteiger partial charge in [0, 0.05) is 12.1 Å². The van der Waals surface area contributed by atoms with Crippen molar-refractivity contribution in [2.75, 3.05) is 0 Å². The summed E-state index contributed by atoms with van der Waals surface area (Å²) in [5, 5.41) is 3.73. The van der Waals surface area contributed by atoms with Crippen LogP contribution < -0.4 is 5.32 Å². The van der Waals surface area contributed by atoms with Crippen molar-refractivity contribution in [2.24, 2.45) is 0 Å². The zero-order chi connectivity index (χ0) is 12.4. The molecule has 2 nitrogen and oxygen atoms in total. The van der Waals surface area contributed by atoms with Crippen LogP contribution in [0.2, 0.25) is 0 Å². The molecule has 1 N–H and O–H groups in total. The van der Waals surface area contributed by atoms with Gasteiger partial charge >= 0.3 is 0 Å². The van der Waals surface area contributed by atoms with Crippen LogP contribution >= 0.6 is 0 Å². The second-order valence-electron chi connectivity index (χ2n) is 6.43. The van der Waals surface area contributed by atoms with Crippen molar-refractivity contribution < 1.29 is 4.74 Å². The van der Waals surface area contributed by atoms with E-state index in [9.17, 15) is 0 Å². The fourth-order valence-electron chi connectivity index (χ4n) is 2.76. The van der Waals surface area contributed by atoms with Crippen molar-refractivity contribution in [2.45, 2.75) is 90.5 Å². The van der Waals surface area contributed by atoms with Crippen LogP contribution in [0.3, 0.4) is 0 Å². The molecule has 0 aromatic rings. The smallest absolute Gasteiger partial charge is 0.0787 e. The maximum Gasteiger partial charge on any atom is 0.0787 e. The predicted molar refractivity (Wildman–Crippen MR) is 69.8 cm³/mol. The molecule has 2 heteroatoms. The van der Waals surface area contributed by atoms with Gasteiger partial charge in [-0.3, -0.25) is 0 Å². The van der Waals surface area contributed by atoms with E-state index in [1.54, 1.807) is 0 Å². The zero-order valence-electron chi connectivity index (χ0n) is 11.9. The van der Waals surface area contributed by atoms with Gasteiger partial charge in [0.25, 0.3) is 0 Å². The van der Waals surface area contributed by atoms with Gasteiger partial charge in [-0.2, -0.15) is 0 Å². The molecule has 1 heterocycles. The highest BCUT2D eigenvalue weighted by molar-refractivity contribution is 4.99. The summed E-state index contributed by atoms with van der Waals surface area (Å²) in [5.41, 5.74) is -0.0182. The minimum absolute atomic E-state index is 0.0195. The molecular weight excluding hydrogens is 198 g/mol. The molecule has 2 atom stereocenters. The Kier molecular flexibility index (Phi) is 4.42. The molecule has 96 valence electrons. The summed E-state index contributed by atoms with van der Waals surface area (Å²) in [5.74, 6) is 0. The van der Waals surface area contributed by atoms with Gasteiger partial charge in [-0.15, -0.1) is 0 Å². The lowest BCUT2D eigenvalue weighted by Crippen LogP contribution is -2.47. The fourth-order valence-corrected chi connectivity index (χ4v) is 2.76. The Morgan fingerprint density at radius 3 is 2.38 bits per heavy atom. The van der Waals surface area contributed by atoms with Gasteiger partial charge in [-0.25, -0.2) is 0 Å². The summed E-state index contributed by atoms with van der Waals surface area (Å²) in [6, 6.07) is 1.08. The molecule has 0 spiro atoms. The second-order valence-corrected chi connectivity index (χ2v) is 6.43. The van der Waals surface area contributed by atoms with Crippen LogP contribution in [0.1, 0.15) is 67.2 Å². The Bertz CT molecular complexity index is 223. The monoisotopic (exact) mass is 227 g/mol. The quantitative estimate of drug-likeness (QED) is 0.776. The highest BCUT2D eigenvalue weighted by Gasteiger charge is 2.45. The van der Waals surface area contributed by atoms with E-state index in [-0.39, 0.29) is 11.2 Å². The Hall–Kier alpha value is -0.0800. The third-order valence-electron chi connectivity index (χ3n) is 3.55. The van der Waals surface area contributed by atoms with Gasteiger partial charge < -0.3 is 10.1 Å². The van der Waals surface area contributed by atoms with Gasteiger partial charge in [-0.05, 0) is 47.5 Å². The van der Waals surface area contributed by atoms with Crippen molar-refractivity contribution in [3.8, 4) is 0 Å². The summed E-state index contributed by atoms with van der Waals surface area (Å²) in [4.78, 5) is 0. The van der Waals surface area contributed by atoms with Crippen molar-refractivity contribution >= 4 is 0 Å². The lowest BCUT2D eigenvalue weighted by atomic mass is 9.93. The van der Waals surface area contributed by atoms with E-state index in [1.165, 1.54) is 19.3 Å². The third-order valence-corrected chi connectivity index (χ3v) is 3.55. The van der Waals surface area contributed by atoms with Crippen LogP contribution in [0.4, 0.5) is 0 Å². The summed E-state index contributed by atoms with van der Waals surface area (Å²) >= 11 is 0. The topological polar surface area (TPSA) is 21.3 Å². The van der Waals surface area contributed by atoms with Crippen LogP contribution in [0.25, 0.3) is 0 Å². The van der Waals surface area contributed by atoms with Gasteiger partial charge in [0.15, 0.2) is 0 Å². The number of hydrogen-bond donors (Lipinski definition) is 1. The molecule has 0 bridgehead atoms. The number of nitrogens with one attached hydrogen (secondary N) is 1. The maximum absolute atomic E-state index is 6.09. The molecular formula is C14H29NO. The van der Waals surface area contributed by atoms with E-state index in [1.807, 2.05) is 0 Å². The standard InChI is InChI=1S/C14H29NO/c1-7-8-9-11(2)15-12-10-13(3,4)16-14(12,5)6/h11-12,15H,7-10H2,1-6H3. The van der Waals surface area contributed by atoms with Gasteiger partial charge in [0.1, 0.15) is 0 Å². The lowest BCUT2D eigenvalue weighted by Gasteiger charge is -2.30. The summed E-state index contributed by atoms with van der Waals surface area (Å²) < 4.78 is 6.09. The van der Waals surface area contributed by atoms with Crippen molar-refractivity contribution in [1.82, 2.24) is 5.32 Å². The number of rotatable bonds is 5. The van der Waals surface area contributed by atoms with Crippen LogP contribution in [-0.2, 0) is 4.74 Å². The first kappa shape index (κ1) is 14.0. The highest BCUT2D eigenvalue weighted by atomic mass is 16.5. The normalized spacial score (nSPS) is 29.2. The molecule has 1 fully saturated rings. The first-order valence-corrected chi connectivity index (χ1v) is 6.73. The molecule has 1 saturated heterocycles. The zero-order valence-corrected chi connectivity index (χ0v) is 11.9. The Balaban J connectivity index is 2.48. The minimum Gasteiger partial charge on any atom is -0.368 e. The molecule has 0 saturated carbocycles. The van der Waals surface area contributed by atoms with E-state index in [0.29, 0.717) is 12.1 Å². The molecule has 16 heavy (non-hydrogen) atoms. The molecule has 1 rings (SSSR count). The Labute approximate surface area is 101 Å². The number of unbranched alkanes of at least 4 members (excludes halogenated alkanes) is 1. The summed E-state index contributed by atoms with van der Waals surface area (Å²) in [6.45, 7) is 13.3. The fraction of sp³-hybridized carbons (Fsp3) is 1.00. The minimum atomic E-state index is -0.0377. The van der Waals surface area contributed by atoms with Crippen LogP contribution in [0, 0.1) is 0 Å². The average Bonchev–Trinajstić information content (AvgIpc) is 2.31. The van der Waals surface area contributed by atoms with Gasteiger partial charge in [-0.1, -0.05) is 19.8 Å². The van der Waals surface area contributed by atoms with E-state index in [2.05, 4.69) is 46.9 Å². The lowest BCUT2D eigenvalue weighted by molar-refractivity contribution is -0.0704. The molecule has 0 radical (unpaired) electrons. The molecule has 2 unspecified atom stereocenters. The molecule has 0 aromatic heterocycles. The Morgan fingerprint density at radius 1 is 1.31 bits per heavy atom. The van der Waals surface area contributed by atoms with Crippen molar-refractivity contribution in [3.63, 3.8) is 0 Å². The largest absolute Gasteiger partial charge is 0.368 e. The Morgan fingerprint density at radius 2 is 1.94 bits per heavy atom. The highest BCUT2D eigenvalue weighted by Crippen LogP contribution is 2.37.